The van der Waals surface area contributed by atoms with Crippen LogP contribution in [-0.2, 0) is 22.6 Å². The van der Waals surface area contributed by atoms with E-state index in [-0.39, 0.29) is 24.0 Å². The molecule has 1 fully saturated rings. The van der Waals surface area contributed by atoms with Gasteiger partial charge in [-0.05, 0) is 44.0 Å². The Bertz CT molecular complexity index is 805. The molecule has 150 valence electrons. The van der Waals surface area contributed by atoms with Crippen molar-refractivity contribution in [3.63, 3.8) is 0 Å². The number of carbonyl (C=O) groups excluding carboxylic acids is 2. The Morgan fingerprint density at radius 1 is 1.18 bits per heavy atom. The minimum Gasteiger partial charge on any atom is -0.372 e. The summed E-state index contributed by atoms with van der Waals surface area (Å²) in [4.78, 5) is 26.5. The lowest BCUT2D eigenvalue weighted by Crippen LogP contribution is -2.48. The average Bonchev–Trinajstić information content (AvgIpc) is 3.09. The molecule has 1 aromatic heterocycles. The number of aromatic nitrogens is 2. The van der Waals surface area contributed by atoms with Gasteiger partial charge in [-0.1, -0.05) is 12.1 Å². The van der Waals surface area contributed by atoms with Gasteiger partial charge in [-0.25, -0.2) is 0 Å². The number of nitrogens with zero attached hydrogens (tertiary/aromatic N) is 3. The van der Waals surface area contributed by atoms with Gasteiger partial charge in [-0.2, -0.15) is 5.10 Å². The zero-order valence-corrected chi connectivity index (χ0v) is 16.7. The minimum absolute atomic E-state index is 0.0205. The first-order valence-corrected chi connectivity index (χ1v) is 9.70. The summed E-state index contributed by atoms with van der Waals surface area (Å²) in [7, 11) is 0. The van der Waals surface area contributed by atoms with Gasteiger partial charge in [0.25, 0.3) is 5.91 Å². The smallest absolute Gasteiger partial charge is 0.254 e. The molecule has 7 heteroatoms. The van der Waals surface area contributed by atoms with Crippen LogP contribution in [0.25, 0.3) is 0 Å². The number of amides is 2. The van der Waals surface area contributed by atoms with Gasteiger partial charge >= 0.3 is 0 Å². The fraction of sp³-hybridized carbons (Fsp3) is 0.476. The van der Waals surface area contributed by atoms with Gasteiger partial charge in [-0.15, -0.1) is 0 Å². The second-order valence-electron chi connectivity index (χ2n) is 7.47. The number of morpholine rings is 1. The number of aryl methyl sites for hydroxylation is 2. The van der Waals surface area contributed by atoms with Crippen molar-refractivity contribution < 1.29 is 14.3 Å². The molecular formula is C21H28N4O3. The molecule has 2 amide bonds. The highest BCUT2D eigenvalue weighted by molar-refractivity contribution is 5.94. The molecule has 0 radical (unpaired) electrons. The van der Waals surface area contributed by atoms with Crippen LogP contribution in [0.2, 0.25) is 0 Å². The van der Waals surface area contributed by atoms with Crippen LogP contribution < -0.4 is 5.32 Å². The highest BCUT2D eigenvalue weighted by Crippen LogP contribution is 2.15. The van der Waals surface area contributed by atoms with Gasteiger partial charge in [-0.3, -0.25) is 14.3 Å². The summed E-state index contributed by atoms with van der Waals surface area (Å²) in [6.45, 7) is 8.15. The van der Waals surface area contributed by atoms with Gasteiger partial charge in [0, 0.05) is 44.4 Å². The standard InChI is InChI=1S/C21H28N4O3/c1-15-10-23-25(12-15)9-8-20(26)22-11-18-4-6-19(7-5-18)21(27)24-13-16(2)28-17(3)14-24/h4-7,10,12,16-17H,8-9,11,13-14H2,1-3H3,(H,22,26). The summed E-state index contributed by atoms with van der Waals surface area (Å²) in [5.41, 5.74) is 2.70. The molecule has 3 rings (SSSR count). The maximum absolute atomic E-state index is 12.7. The lowest BCUT2D eigenvalue weighted by Gasteiger charge is -2.35. The molecule has 1 N–H and O–H groups in total. The highest BCUT2D eigenvalue weighted by Gasteiger charge is 2.26. The Hall–Kier alpha value is -2.67. The zero-order valence-electron chi connectivity index (χ0n) is 16.7. The Morgan fingerprint density at radius 3 is 2.46 bits per heavy atom. The average molecular weight is 384 g/mol. The van der Waals surface area contributed by atoms with Crippen molar-refractivity contribution in [1.82, 2.24) is 20.0 Å². The minimum atomic E-state index is -0.0235. The van der Waals surface area contributed by atoms with E-state index in [1.807, 2.05) is 56.1 Å². The molecule has 0 bridgehead atoms. The van der Waals surface area contributed by atoms with Crippen molar-refractivity contribution in [2.45, 2.75) is 52.5 Å². The third-order valence-electron chi connectivity index (χ3n) is 4.73. The summed E-state index contributed by atoms with van der Waals surface area (Å²) in [6, 6.07) is 7.41. The zero-order chi connectivity index (χ0) is 20.1. The monoisotopic (exact) mass is 384 g/mol. The highest BCUT2D eigenvalue weighted by atomic mass is 16.5. The SMILES string of the molecule is Cc1cnn(CCC(=O)NCc2ccc(C(=O)N3CC(C)OC(C)C3)cc2)c1. The van der Waals surface area contributed by atoms with Crippen molar-refractivity contribution in [2.75, 3.05) is 13.1 Å². The number of benzene rings is 1. The van der Waals surface area contributed by atoms with Crippen LogP contribution in [0.5, 0.6) is 0 Å². The van der Waals surface area contributed by atoms with Crippen molar-refractivity contribution in [2.24, 2.45) is 0 Å². The van der Waals surface area contributed by atoms with Gasteiger partial charge < -0.3 is 15.0 Å². The summed E-state index contributed by atoms with van der Waals surface area (Å²) >= 11 is 0. The summed E-state index contributed by atoms with van der Waals surface area (Å²) < 4.78 is 7.45. The molecule has 7 nitrogen and oxygen atoms in total. The van der Waals surface area contributed by atoms with Crippen molar-refractivity contribution >= 4 is 11.8 Å². The van der Waals surface area contributed by atoms with E-state index in [9.17, 15) is 9.59 Å². The van der Waals surface area contributed by atoms with Crippen LogP contribution in [-0.4, -0.2) is 51.8 Å². The molecule has 1 aromatic carbocycles. The van der Waals surface area contributed by atoms with E-state index in [4.69, 9.17) is 4.74 Å². The molecule has 0 saturated carbocycles. The predicted molar refractivity (Wildman–Crippen MR) is 106 cm³/mol. The first-order valence-electron chi connectivity index (χ1n) is 9.70. The molecule has 2 unspecified atom stereocenters. The van der Waals surface area contributed by atoms with Gasteiger partial charge in [0.1, 0.15) is 0 Å². The molecule has 2 atom stereocenters. The van der Waals surface area contributed by atoms with E-state index in [1.54, 1.807) is 10.9 Å². The quantitative estimate of drug-likeness (QED) is 0.828. The number of hydrogen-bond acceptors (Lipinski definition) is 4. The van der Waals surface area contributed by atoms with Crippen LogP contribution in [0.3, 0.4) is 0 Å². The molecule has 0 spiro atoms. The Kier molecular flexibility index (Phi) is 6.46. The molecule has 0 aliphatic carbocycles. The third kappa shape index (κ3) is 5.42. The molecule has 2 aromatic rings. The van der Waals surface area contributed by atoms with E-state index in [1.165, 1.54) is 0 Å². The second kappa shape index (κ2) is 9.01. The molecule has 1 aliphatic rings. The Labute approximate surface area is 165 Å². The maximum atomic E-state index is 12.7. The molecular weight excluding hydrogens is 356 g/mol. The maximum Gasteiger partial charge on any atom is 0.254 e. The van der Waals surface area contributed by atoms with E-state index in [0.29, 0.717) is 38.2 Å². The Balaban J connectivity index is 1.47. The Morgan fingerprint density at radius 2 is 1.86 bits per heavy atom. The first kappa shape index (κ1) is 20.1. The number of hydrogen-bond donors (Lipinski definition) is 1. The van der Waals surface area contributed by atoms with Crippen LogP contribution in [0.1, 0.15) is 41.8 Å². The first-order chi connectivity index (χ1) is 13.4. The van der Waals surface area contributed by atoms with Crippen LogP contribution in [0.4, 0.5) is 0 Å². The molecule has 1 aliphatic heterocycles. The summed E-state index contributed by atoms with van der Waals surface area (Å²) in [5, 5.41) is 7.08. The number of ether oxygens (including phenoxy) is 1. The van der Waals surface area contributed by atoms with Crippen LogP contribution in [0.15, 0.2) is 36.7 Å². The van der Waals surface area contributed by atoms with Crippen LogP contribution >= 0.6 is 0 Å². The fourth-order valence-corrected chi connectivity index (χ4v) is 3.39. The second-order valence-corrected chi connectivity index (χ2v) is 7.47. The number of rotatable bonds is 6. The van der Waals surface area contributed by atoms with Gasteiger partial charge in [0.2, 0.25) is 5.91 Å². The molecule has 1 saturated heterocycles. The van der Waals surface area contributed by atoms with Crippen molar-refractivity contribution in [3.05, 3.63) is 53.3 Å². The van der Waals surface area contributed by atoms with Gasteiger partial charge in [0.15, 0.2) is 0 Å². The predicted octanol–water partition coefficient (Wildman–Crippen LogP) is 2.15. The fourth-order valence-electron chi connectivity index (χ4n) is 3.39. The normalized spacial score (nSPS) is 19.5. The van der Waals surface area contributed by atoms with Crippen molar-refractivity contribution in [1.29, 1.82) is 0 Å². The van der Waals surface area contributed by atoms with Crippen LogP contribution in [0, 0.1) is 6.92 Å². The largest absolute Gasteiger partial charge is 0.372 e. The number of carbonyl (C=O) groups is 2. The van der Waals surface area contributed by atoms with Crippen molar-refractivity contribution in [3.8, 4) is 0 Å². The summed E-state index contributed by atoms with van der Waals surface area (Å²) in [5.74, 6) is -0.00306. The van der Waals surface area contributed by atoms with E-state index in [0.717, 1.165) is 11.1 Å². The summed E-state index contributed by atoms with van der Waals surface area (Å²) in [6.07, 6.45) is 4.17. The molecule has 2 heterocycles. The third-order valence-corrected chi connectivity index (χ3v) is 4.73. The lowest BCUT2D eigenvalue weighted by atomic mass is 10.1. The van der Waals surface area contributed by atoms with E-state index < -0.39 is 0 Å². The topological polar surface area (TPSA) is 76.5 Å². The number of nitrogens with one attached hydrogen (secondary N) is 1. The lowest BCUT2D eigenvalue weighted by molar-refractivity contribution is -0.121. The van der Waals surface area contributed by atoms with E-state index in [2.05, 4.69) is 10.4 Å². The van der Waals surface area contributed by atoms with E-state index >= 15 is 0 Å². The molecule has 28 heavy (non-hydrogen) atoms. The van der Waals surface area contributed by atoms with Gasteiger partial charge in [0.05, 0.1) is 18.4 Å².